The maximum absolute atomic E-state index is 12.5. The Hall–Kier alpha value is -3.45. The molecule has 0 aliphatic rings. The molecule has 2 aromatic carbocycles. The van der Waals surface area contributed by atoms with Gasteiger partial charge >= 0.3 is 5.97 Å². The fraction of sp³-hybridized carbons (Fsp3) is 0.0952. The van der Waals surface area contributed by atoms with E-state index in [1.807, 2.05) is 41.8 Å². The number of thiophene rings is 1. The summed E-state index contributed by atoms with van der Waals surface area (Å²) < 4.78 is 10.3. The van der Waals surface area contributed by atoms with E-state index in [-0.39, 0.29) is 12.3 Å². The van der Waals surface area contributed by atoms with Crippen LogP contribution in [-0.2, 0) is 16.0 Å². The molecule has 2 aromatic heterocycles. The molecule has 0 atom stereocenters. The van der Waals surface area contributed by atoms with Crippen molar-refractivity contribution in [3.05, 3.63) is 71.4 Å². The van der Waals surface area contributed by atoms with Crippen LogP contribution in [0.15, 0.2) is 64.6 Å². The Bertz CT molecular complexity index is 1150. The van der Waals surface area contributed by atoms with E-state index < -0.39 is 5.97 Å². The lowest BCUT2D eigenvalue weighted by molar-refractivity contribution is -0.115. The van der Waals surface area contributed by atoms with Crippen LogP contribution >= 0.6 is 11.3 Å². The fourth-order valence-corrected chi connectivity index (χ4v) is 3.54. The molecule has 0 fully saturated rings. The second-order valence-corrected chi connectivity index (χ2v) is 7.03. The monoisotopic (exact) mass is 392 g/mol. The van der Waals surface area contributed by atoms with E-state index in [2.05, 4.69) is 10.3 Å². The molecule has 0 saturated heterocycles. The van der Waals surface area contributed by atoms with E-state index >= 15 is 0 Å². The van der Waals surface area contributed by atoms with E-state index in [4.69, 9.17) is 9.15 Å². The number of nitrogens with zero attached hydrogens (tertiary/aromatic N) is 1. The molecule has 2 heterocycles. The van der Waals surface area contributed by atoms with E-state index in [0.29, 0.717) is 22.8 Å². The Kier molecular flexibility index (Phi) is 4.90. The quantitative estimate of drug-likeness (QED) is 0.505. The summed E-state index contributed by atoms with van der Waals surface area (Å²) in [5.41, 5.74) is 1.22. The van der Waals surface area contributed by atoms with Crippen LogP contribution in [0.1, 0.15) is 16.1 Å². The Balaban J connectivity index is 1.57. The second-order valence-electron chi connectivity index (χ2n) is 6.08. The molecule has 0 saturated carbocycles. The number of oxazole rings is 1. The van der Waals surface area contributed by atoms with Crippen LogP contribution in [-0.4, -0.2) is 24.0 Å². The molecule has 0 spiro atoms. The summed E-state index contributed by atoms with van der Waals surface area (Å²) in [4.78, 5) is 29.9. The summed E-state index contributed by atoms with van der Waals surface area (Å²) in [6.45, 7) is 0. The standard InChI is InChI=1S/C21H16N2O4S/c1-26-21(25)16-9-13-5-2-3-6-14(13)10-17(16)23-19(24)11-15-12-27-20(22-15)18-7-4-8-28-18/h2-10,12H,11H2,1H3,(H,23,24). The van der Waals surface area contributed by atoms with Gasteiger partial charge in [-0.25, -0.2) is 9.78 Å². The summed E-state index contributed by atoms with van der Waals surface area (Å²) >= 11 is 1.51. The molecule has 140 valence electrons. The molecule has 7 heteroatoms. The SMILES string of the molecule is COC(=O)c1cc2ccccc2cc1NC(=O)Cc1coc(-c2cccs2)n1. The summed E-state index contributed by atoms with van der Waals surface area (Å²) in [5, 5.41) is 6.52. The smallest absolute Gasteiger partial charge is 0.339 e. The molecule has 1 amide bonds. The maximum atomic E-state index is 12.5. The zero-order valence-electron chi connectivity index (χ0n) is 15.0. The number of hydrogen-bond acceptors (Lipinski definition) is 6. The number of nitrogens with one attached hydrogen (secondary N) is 1. The first-order valence-corrected chi connectivity index (χ1v) is 9.41. The molecule has 0 aliphatic carbocycles. The normalized spacial score (nSPS) is 10.8. The lowest BCUT2D eigenvalue weighted by atomic mass is 10.0. The minimum atomic E-state index is -0.512. The zero-order valence-corrected chi connectivity index (χ0v) is 15.8. The predicted octanol–water partition coefficient (Wildman–Crippen LogP) is 4.52. The summed E-state index contributed by atoms with van der Waals surface area (Å²) in [6.07, 6.45) is 1.50. The minimum absolute atomic E-state index is 0.0301. The van der Waals surface area contributed by atoms with E-state index in [1.54, 1.807) is 12.1 Å². The van der Waals surface area contributed by atoms with Gasteiger partial charge in [0, 0.05) is 0 Å². The third-order valence-corrected chi connectivity index (χ3v) is 5.05. The van der Waals surface area contributed by atoms with Gasteiger partial charge in [-0.3, -0.25) is 4.79 Å². The Labute approximate surface area is 164 Å². The molecular formula is C21H16N2O4S. The van der Waals surface area contributed by atoms with Crippen LogP contribution in [0.5, 0.6) is 0 Å². The highest BCUT2D eigenvalue weighted by Gasteiger charge is 2.17. The average Bonchev–Trinajstić information content (AvgIpc) is 3.38. The lowest BCUT2D eigenvalue weighted by Crippen LogP contribution is -2.17. The van der Waals surface area contributed by atoms with Gasteiger partial charge in [0.15, 0.2) is 0 Å². The third-order valence-electron chi connectivity index (χ3n) is 4.19. The summed E-state index contributed by atoms with van der Waals surface area (Å²) in [6, 6.07) is 14.9. The highest BCUT2D eigenvalue weighted by atomic mass is 32.1. The summed E-state index contributed by atoms with van der Waals surface area (Å²) in [7, 11) is 1.31. The number of esters is 1. The third kappa shape index (κ3) is 3.65. The van der Waals surface area contributed by atoms with Crippen LogP contribution < -0.4 is 5.32 Å². The lowest BCUT2D eigenvalue weighted by Gasteiger charge is -2.11. The van der Waals surface area contributed by atoms with Crippen molar-refractivity contribution in [2.24, 2.45) is 0 Å². The number of aromatic nitrogens is 1. The van der Waals surface area contributed by atoms with Crippen molar-refractivity contribution >= 4 is 39.7 Å². The maximum Gasteiger partial charge on any atom is 0.339 e. The van der Waals surface area contributed by atoms with Gasteiger partial charge in [-0.2, -0.15) is 0 Å². The largest absolute Gasteiger partial charge is 0.465 e. The van der Waals surface area contributed by atoms with Gasteiger partial charge in [-0.1, -0.05) is 30.3 Å². The Morgan fingerprint density at radius 3 is 2.64 bits per heavy atom. The van der Waals surface area contributed by atoms with Crippen LogP contribution in [0.3, 0.4) is 0 Å². The van der Waals surface area contributed by atoms with Gasteiger partial charge in [0.2, 0.25) is 11.8 Å². The molecule has 6 nitrogen and oxygen atoms in total. The highest BCUT2D eigenvalue weighted by molar-refractivity contribution is 7.13. The molecule has 0 unspecified atom stereocenters. The number of carbonyl (C=O) groups is 2. The number of fused-ring (bicyclic) bond motifs is 1. The van der Waals surface area contributed by atoms with Crippen molar-refractivity contribution in [2.75, 3.05) is 12.4 Å². The van der Waals surface area contributed by atoms with Gasteiger partial charge in [-0.15, -0.1) is 11.3 Å². The van der Waals surface area contributed by atoms with Gasteiger partial charge < -0.3 is 14.5 Å². The Morgan fingerprint density at radius 2 is 1.93 bits per heavy atom. The van der Waals surface area contributed by atoms with Crippen molar-refractivity contribution in [3.8, 4) is 10.8 Å². The second kappa shape index (κ2) is 7.66. The van der Waals surface area contributed by atoms with Crippen LogP contribution in [0.4, 0.5) is 5.69 Å². The van der Waals surface area contributed by atoms with Crippen molar-refractivity contribution in [1.82, 2.24) is 4.98 Å². The molecule has 4 aromatic rings. The first-order chi connectivity index (χ1) is 13.6. The Morgan fingerprint density at radius 1 is 1.14 bits per heavy atom. The number of anilines is 1. The highest BCUT2D eigenvalue weighted by Crippen LogP contribution is 2.26. The molecule has 0 radical (unpaired) electrons. The molecule has 0 aliphatic heterocycles. The van der Waals surface area contributed by atoms with E-state index in [0.717, 1.165) is 15.6 Å². The average molecular weight is 392 g/mol. The number of amides is 1. The minimum Gasteiger partial charge on any atom is -0.465 e. The number of rotatable bonds is 5. The molecular weight excluding hydrogens is 376 g/mol. The predicted molar refractivity (Wildman–Crippen MR) is 107 cm³/mol. The number of hydrogen-bond donors (Lipinski definition) is 1. The first kappa shape index (κ1) is 17.9. The molecule has 4 rings (SSSR count). The van der Waals surface area contributed by atoms with Crippen molar-refractivity contribution < 1.29 is 18.7 Å². The van der Waals surface area contributed by atoms with Gasteiger partial charge in [-0.05, 0) is 34.4 Å². The van der Waals surface area contributed by atoms with Crippen LogP contribution in [0, 0.1) is 0 Å². The topological polar surface area (TPSA) is 81.4 Å². The van der Waals surface area contributed by atoms with Crippen LogP contribution in [0.25, 0.3) is 21.5 Å². The molecule has 0 bridgehead atoms. The van der Waals surface area contributed by atoms with Gasteiger partial charge in [0.25, 0.3) is 0 Å². The fourth-order valence-electron chi connectivity index (χ4n) is 2.88. The van der Waals surface area contributed by atoms with E-state index in [9.17, 15) is 9.59 Å². The number of ether oxygens (including phenoxy) is 1. The molecule has 28 heavy (non-hydrogen) atoms. The van der Waals surface area contributed by atoms with Crippen molar-refractivity contribution in [1.29, 1.82) is 0 Å². The van der Waals surface area contributed by atoms with E-state index in [1.165, 1.54) is 24.7 Å². The first-order valence-electron chi connectivity index (χ1n) is 8.53. The van der Waals surface area contributed by atoms with Crippen LogP contribution in [0.2, 0.25) is 0 Å². The number of carbonyl (C=O) groups excluding carboxylic acids is 2. The zero-order chi connectivity index (χ0) is 19.5. The van der Waals surface area contributed by atoms with Gasteiger partial charge in [0.1, 0.15) is 6.26 Å². The number of methoxy groups -OCH3 is 1. The number of benzene rings is 2. The van der Waals surface area contributed by atoms with Gasteiger partial charge in [0.05, 0.1) is 35.4 Å². The van der Waals surface area contributed by atoms with Crippen molar-refractivity contribution in [3.63, 3.8) is 0 Å². The van der Waals surface area contributed by atoms with Crippen molar-refractivity contribution in [2.45, 2.75) is 6.42 Å². The molecule has 1 N–H and O–H groups in total. The summed E-state index contributed by atoms with van der Waals surface area (Å²) in [5.74, 6) is -0.326.